The fourth-order valence-corrected chi connectivity index (χ4v) is 2.44. The first-order chi connectivity index (χ1) is 8.79. The van der Waals surface area contributed by atoms with Crippen LogP contribution in [0.25, 0.3) is 0 Å². The van der Waals surface area contributed by atoms with E-state index in [-0.39, 0.29) is 6.04 Å². The van der Waals surface area contributed by atoms with Gasteiger partial charge in [-0.1, -0.05) is 31.4 Å². The first-order valence-electron chi connectivity index (χ1n) is 6.80. The maximum Gasteiger partial charge on any atom is 0.119 e. The second-order valence-electron chi connectivity index (χ2n) is 4.98. The van der Waals surface area contributed by atoms with Gasteiger partial charge in [-0.15, -0.1) is 0 Å². The van der Waals surface area contributed by atoms with Crippen LogP contribution in [-0.4, -0.2) is 19.8 Å². The molecule has 1 saturated carbocycles. The number of benzene rings is 1. The molecule has 0 spiro atoms. The first kappa shape index (κ1) is 13.4. The molecule has 0 bridgehead atoms. The van der Waals surface area contributed by atoms with Gasteiger partial charge < -0.3 is 15.2 Å². The fraction of sp³-hybridized carbons (Fsp3) is 0.600. The predicted molar refractivity (Wildman–Crippen MR) is 72.7 cm³/mol. The maximum atomic E-state index is 6.16. The lowest BCUT2D eigenvalue weighted by molar-refractivity contribution is 0.0206. The molecule has 0 aromatic heterocycles. The molecule has 2 rings (SSSR count). The van der Waals surface area contributed by atoms with Gasteiger partial charge in [0.1, 0.15) is 5.75 Å². The number of ether oxygens (including phenoxy) is 2. The molecule has 18 heavy (non-hydrogen) atoms. The van der Waals surface area contributed by atoms with E-state index in [1.807, 2.05) is 24.3 Å². The molecule has 3 nitrogen and oxygen atoms in total. The lowest BCUT2D eigenvalue weighted by Crippen LogP contribution is -2.23. The van der Waals surface area contributed by atoms with Gasteiger partial charge in [0.2, 0.25) is 0 Å². The van der Waals surface area contributed by atoms with E-state index < -0.39 is 0 Å². The molecule has 3 heteroatoms. The number of rotatable bonds is 5. The van der Waals surface area contributed by atoms with Crippen LogP contribution < -0.4 is 10.5 Å². The van der Waals surface area contributed by atoms with Gasteiger partial charge in [0, 0.05) is 0 Å². The third kappa shape index (κ3) is 3.72. The minimum atomic E-state index is -0.0676. The van der Waals surface area contributed by atoms with Gasteiger partial charge in [-0.05, 0) is 30.5 Å². The second-order valence-corrected chi connectivity index (χ2v) is 4.98. The van der Waals surface area contributed by atoms with Gasteiger partial charge in [-0.3, -0.25) is 0 Å². The van der Waals surface area contributed by atoms with Crippen LogP contribution in [0.2, 0.25) is 0 Å². The summed E-state index contributed by atoms with van der Waals surface area (Å²) >= 11 is 0. The summed E-state index contributed by atoms with van der Waals surface area (Å²) in [6.45, 7) is 0.595. The lowest BCUT2D eigenvalue weighted by Gasteiger charge is -2.24. The van der Waals surface area contributed by atoms with Crippen molar-refractivity contribution in [3.63, 3.8) is 0 Å². The molecule has 1 aliphatic carbocycles. The second kappa shape index (κ2) is 6.76. The van der Waals surface area contributed by atoms with Crippen molar-refractivity contribution in [2.75, 3.05) is 13.7 Å². The van der Waals surface area contributed by atoms with Gasteiger partial charge >= 0.3 is 0 Å². The largest absolute Gasteiger partial charge is 0.497 e. The summed E-state index contributed by atoms with van der Waals surface area (Å²) in [4.78, 5) is 0. The Bertz CT molecular complexity index is 361. The van der Waals surface area contributed by atoms with Crippen molar-refractivity contribution in [2.45, 2.75) is 44.2 Å². The van der Waals surface area contributed by atoms with Crippen molar-refractivity contribution >= 4 is 0 Å². The molecule has 1 aromatic rings. The minimum Gasteiger partial charge on any atom is -0.497 e. The smallest absolute Gasteiger partial charge is 0.119 e. The number of hydrogen-bond acceptors (Lipinski definition) is 3. The predicted octanol–water partition coefficient (Wildman–Crippen LogP) is 3.04. The van der Waals surface area contributed by atoms with Crippen LogP contribution in [-0.2, 0) is 4.74 Å². The molecule has 0 saturated heterocycles. The molecule has 0 aliphatic heterocycles. The summed E-state index contributed by atoms with van der Waals surface area (Å²) in [5.74, 6) is 0.848. The van der Waals surface area contributed by atoms with Crippen LogP contribution in [0.4, 0.5) is 0 Å². The summed E-state index contributed by atoms with van der Waals surface area (Å²) < 4.78 is 11.1. The van der Waals surface area contributed by atoms with Crippen molar-refractivity contribution in [1.29, 1.82) is 0 Å². The van der Waals surface area contributed by atoms with Crippen LogP contribution in [0.15, 0.2) is 24.3 Å². The minimum absolute atomic E-state index is 0.0676. The molecule has 0 heterocycles. The van der Waals surface area contributed by atoms with Gasteiger partial charge in [0.25, 0.3) is 0 Å². The Balaban J connectivity index is 1.84. The van der Waals surface area contributed by atoms with Crippen LogP contribution in [0.1, 0.15) is 43.7 Å². The average molecular weight is 249 g/mol. The molecule has 0 radical (unpaired) electrons. The van der Waals surface area contributed by atoms with E-state index in [1.54, 1.807) is 7.11 Å². The van der Waals surface area contributed by atoms with Crippen LogP contribution in [0.5, 0.6) is 5.75 Å². The highest BCUT2D eigenvalue weighted by Gasteiger charge is 2.15. The van der Waals surface area contributed by atoms with Gasteiger partial charge in [-0.25, -0.2) is 0 Å². The zero-order valence-corrected chi connectivity index (χ0v) is 11.1. The van der Waals surface area contributed by atoms with E-state index in [1.165, 1.54) is 32.1 Å². The Morgan fingerprint density at radius 3 is 2.78 bits per heavy atom. The number of methoxy groups -OCH3 is 1. The summed E-state index contributed by atoms with van der Waals surface area (Å²) in [6, 6.07) is 7.83. The SMILES string of the molecule is COc1cccc(C(N)COC2CCCCC2)c1. The van der Waals surface area contributed by atoms with E-state index in [9.17, 15) is 0 Å². The molecule has 100 valence electrons. The quantitative estimate of drug-likeness (QED) is 0.872. The summed E-state index contributed by atoms with van der Waals surface area (Å²) in [5.41, 5.74) is 7.23. The third-order valence-corrected chi connectivity index (χ3v) is 3.59. The highest BCUT2D eigenvalue weighted by Crippen LogP contribution is 2.22. The molecule has 1 aromatic carbocycles. The molecular formula is C15H23NO2. The van der Waals surface area contributed by atoms with Crippen molar-refractivity contribution in [3.8, 4) is 5.75 Å². The third-order valence-electron chi connectivity index (χ3n) is 3.59. The van der Waals surface area contributed by atoms with Gasteiger partial charge in [0.15, 0.2) is 0 Å². The molecule has 2 N–H and O–H groups in total. The fourth-order valence-electron chi connectivity index (χ4n) is 2.44. The van der Waals surface area contributed by atoms with Crippen molar-refractivity contribution in [1.82, 2.24) is 0 Å². The topological polar surface area (TPSA) is 44.5 Å². The summed E-state index contributed by atoms with van der Waals surface area (Å²) in [5, 5.41) is 0. The zero-order valence-electron chi connectivity index (χ0n) is 11.1. The summed E-state index contributed by atoms with van der Waals surface area (Å²) in [6.07, 6.45) is 6.71. The Kier molecular flexibility index (Phi) is 5.02. The van der Waals surface area contributed by atoms with Gasteiger partial charge in [-0.2, -0.15) is 0 Å². The van der Waals surface area contributed by atoms with E-state index in [0.717, 1.165) is 11.3 Å². The van der Waals surface area contributed by atoms with Crippen molar-refractivity contribution in [2.24, 2.45) is 5.73 Å². The van der Waals surface area contributed by atoms with E-state index >= 15 is 0 Å². The summed E-state index contributed by atoms with van der Waals surface area (Å²) in [7, 11) is 1.67. The van der Waals surface area contributed by atoms with Crippen molar-refractivity contribution < 1.29 is 9.47 Å². The molecule has 1 unspecified atom stereocenters. The van der Waals surface area contributed by atoms with Gasteiger partial charge in [0.05, 0.1) is 25.9 Å². The normalized spacial score (nSPS) is 18.6. The Morgan fingerprint density at radius 2 is 2.06 bits per heavy atom. The highest BCUT2D eigenvalue weighted by atomic mass is 16.5. The molecule has 1 atom stereocenters. The Labute approximate surface area is 109 Å². The maximum absolute atomic E-state index is 6.16. The van der Waals surface area contributed by atoms with Crippen molar-refractivity contribution in [3.05, 3.63) is 29.8 Å². The standard InChI is InChI=1S/C15H23NO2/c1-17-14-9-5-6-12(10-14)15(16)11-18-13-7-3-2-4-8-13/h5-6,9-10,13,15H,2-4,7-8,11,16H2,1H3. The molecule has 1 aliphatic rings. The number of hydrogen-bond donors (Lipinski definition) is 1. The highest BCUT2D eigenvalue weighted by molar-refractivity contribution is 5.30. The van der Waals surface area contributed by atoms with Crippen LogP contribution in [0, 0.1) is 0 Å². The Morgan fingerprint density at radius 1 is 1.28 bits per heavy atom. The van der Waals surface area contributed by atoms with E-state index in [2.05, 4.69) is 0 Å². The first-order valence-corrected chi connectivity index (χ1v) is 6.80. The van der Waals surface area contributed by atoms with Crippen LogP contribution >= 0.6 is 0 Å². The van der Waals surface area contributed by atoms with E-state index in [4.69, 9.17) is 15.2 Å². The number of nitrogens with two attached hydrogens (primary N) is 1. The molecular weight excluding hydrogens is 226 g/mol. The molecule has 0 amide bonds. The average Bonchev–Trinajstić information content (AvgIpc) is 2.46. The van der Waals surface area contributed by atoms with Crippen LogP contribution in [0.3, 0.4) is 0 Å². The lowest BCUT2D eigenvalue weighted by atomic mass is 9.98. The molecule has 1 fully saturated rings. The zero-order chi connectivity index (χ0) is 12.8. The van der Waals surface area contributed by atoms with E-state index in [0.29, 0.717) is 12.7 Å². The Hall–Kier alpha value is -1.06. The monoisotopic (exact) mass is 249 g/mol.